The van der Waals surface area contributed by atoms with Crippen LogP contribution in [-0.2, 0) is 0 Å². The molecule has 2 nitrogen and oxygen atoms in total. The number of rotatable bonds is 3. The van der Waals surface area contributed by atoms with E-state index in [0.717, 1.165) is 17.7 Å². The van der Waals surface area contributed by atoms with Gasteiger partial charge in [-0.25, -0.2) is 8.78 Å². The monoisotopic (exact) mass is 255 g/mol. The van der Waals surface area contributed by atoms with Gasteiger partial charge in [0.05, 0.1) is 6.10 Å². The predicted octanol–water partition coefficient (Wildman–Crippen LogP) is 3.64. The summed E-state index contributed by atoms with van der Waals surface area (Å²) in [5.41, 5.74) is 1.60. The van der Waals surface area contributed by atoms with E-state index in [9.17, 15) is 13.9 Å². The zero-order valence-electron chi connectivity index (χ0n) is 10.6. The third-order valence-corrected chi connectivity index (χ3v) is 3.62. The maximum atomic E-state index is 13.3. The molecule has 18 heavy (non-hydrogen) atoms. The van der Waals surface area contributed by atoms with Crippen LogP contribution in [0, 0.1) is 12.8 Å². The van der Waals surface area contributed by atoms with Gasteiger partial charge in [0.25, 0.3) is 0 Å². The molecule has 1 aliphatic carbocycles. The Morgan fingerprint density at radius 3 is 2.89 bits per heavy atom. The zero-order valence-corrected chi connectivity index (χ0v) is 10.6. The molecule has 2 unspecified atom stereocenters. The molecule has 100 valence electrons. The van der Waals surface area contributed by atoms with Crippen molar-refractivity contribution in [2.24, 2.45) is 5.92 Å². The minimum atomic E-state index is -2.55. The third kappa shape index (κ3) is 3.48. The van der Waals surface area contributed by atoms with E-state index < -0.39 is 12.0 Å². The van der Waals surface area contributed by atoms with Gasteiger partial charge in [0.1, 0.15) is 0 Å². The number of aliphatic hydroxyl groups is 1. The standard InChI is InChI=1S/C14H19F2NO/c1-10-4-5-12(9-17-10)13(18)7-11-3-2-6-14(15,16)8-11/h4-5,9,11,13,18H,2-3,6-8H2,1H3. The van der Waals surface area contributed by atoms with E-state index in [4.69, 9.17) is 0 Å². The van der Waals surface area contributed by atoms with Crippen LogP contribution in [0.3, 0.4) is 0 Å². The first-order chi connectivity index (χ1) is 8.46. The number of hydrogen-bond donors (Lipinski definition) is 1. The van der Waals surface area contributed by atoms with Crippen molar-refractivity contribution in [2.45, 2.75) is 51.1 Å². The predicted molar refractivity (Wildman–Crippen MR) is 65.5 cm³/mol. The summed E-state index contributed by atoms with van der Waals surface area (Å²) in [6, 6.07) is 3.64. The normalized spacial score (nSPS) is 24.8. The van der Waals surface area contributed by atoms with Crippen molar-refractivity contribution < 1.29 is 13.9 Å². The van der Waals surface area contributed by atoms with Crippen LogP contribution in [0.5, 0.6) is 0 Å². The van der Waals surface area contributed by atoms with Crippen LogP contribution in [0.4, 0.5) is 8.78 Å². The van der Waals surface area contributed by atoms with E-state index in [1.165, 1.54) is 0 Å². The molecule has 2 rings (SSSR count). The lowest BCUT2D eigenvalue weighted by molar-refractivity contribution is -0.0590. The fourth-order valence-corrected chi connectivity index (χ4v) is 2.61. The molecule has 1 aliphatic rings. The summed E-state index contributed by atoms with van der Waals surface area (Å²) in [5.74, 6) is -2.64. The summed E-state index contributed by atoms with van der Waals surface area (Å²) < 4.78 is 26.5. The van der Waals surface area contributed by atoms with Gasteiger partial charge >= 0.3 is 0 Å². The number of aromatic nitrogens is 1. The topological polar surface area (TPSA) is 33.1 Å². The molecule has 0 spiro atoms. The number of aryl methyl sites for hydroxylation is 1. The second-order valence-electron chi connectivity index (χ2n) is 5.30. The molecule has 1 aromatic rings. The molecule has 1 aromatic heterocycles. The average molecular weight is 255 g/mol. The second-order valence-corrected chi connectivity index (χ2v) is 5.30. The minimum absolute atomic E-state index is 0.00825. The highest BCUT2D eigenvalue weighted by molar-refractivity contribution is 5.15. The van der Waals surface area contributed by atoms with Gasteiger partial charge in [-0.15, -0.1) is 0 Å². The first kappa shape index (κ1) is 13.4. The molecular formula is C14H19F2NO. The molecule has 4 heteroatoms. The molecule has 0 saturated heterocycles. The Balaban J connectivity index is 1.94. The first-order valence-corrected chi connectivity index (χ1v) is 6.45. The van der Waals surface area contributed by atoms with Gasteiger partial charge in [0, 0.05) is 24.7 Å². The Hall–Kier alpha value is -1.03. The van der Waals surface area contributed by atoms with E-state index in [-0.39, 0.29) is 18.8 Å². The van der Waals surface area contributed by atoms with Gasteiger partial charge in [0.15, 0.2) is 0 Å². The smallest absolute Gasteiger partial charge is 0.248 e. The zero-order chi connectivity index (χ0) is 13.2. The molecule has 0 aromatic carbocycles. The van der Waals surface area contributed by atoms with Crippen LogP contribution >= 0.6 is 0 Å². The van der Waals surface area contributed by atoms with Gasteiger partial charge in [-0.3, -0.25) is 4.98 Å². The second kappa shape index (κ2) is 5.31. The van der Waals surface area contributed by atoms with Gasteiger partial charge in [-0.2, -0.15) is 0 Å². The molecule has 0 aliphatic heterocycles. The molecule has 1 fully saturated rings. The maximum absolute atomic E-state index is 13.3. The van der Waals surface area contributed by atoms with Crippen LogP contribution < -0.4 is 0 Å². The largest absolute Gasteiger partial charge is 0.388 e. The molecule has 2 atom stereocenters. The Morgan fingerprint density at radius 1 is 1.50 bits per heavy atom. The molecule has 1 saturated carbocycles. The van der Waals surface area contributed by atoms with E-state index in [1.54, 1.807) is 6.20 Å². The highest BCUT2D eigenvalue weighted by Crippen LogP contribution is 2.40. The van der Waals surface area contributed by atoms with Crippen molar-refractivity contribution in [3.8, 4) is 0 Å². The highest BCUT2D eigenvalue weighted by Gasteiger charge is 2.36. The van der Waals surface area contributed by atoms with Crippen molar-refractivity contribution in [3.05, 3.63) is 29.6 Å². The number of halogens is 2. The minimum Gasteiger partial charge on any atom is -0.388 e. The van der Waals surface area contributed by atoms with Gasteiger partial charge < -0.3 is 5.11 Å². The van der Waals surface area contributed by atoms with Crippen molar-refractivity contribution in [3.63, 3.8) is 0 Å². The molecule has 1 N–H and O–H groups in total. The summed E-state index contributed by atoms with van der Waals surface area (Å²) in [6.45, 7) is 1.87. The Bertz CT molecular complexity index is 391. The summed E-state index contributed by atoms with van der Waals surface area (Å²) in [7, 11) is 0. The van der Waals surface area contributed by atoms with E-state index in [1.807, 2.05) is 19.1 Å². The number of nitrogens with zero attached hydrogens (tertiary/aromatic N) is 1. The number of pyridine rings is 1. The Kier molecular flexibility index (Phi) is 3.95. The number of alkyl halides is 2. The van der Waals surface area contributed by atoms with Crippen molar-refractivity contribution in [1.29, 1.82) is 0 Å². The van der Waals surface area contributed by atoms with Gasteiger partial charge in [-0.05, 0) is 43.7 Å². The molecule has 0 bridgehead atoms. The first-order valence-electron chi connectivity index (χ1n) is 6.45. The average Bonchev–Trinajstić information content (AvgIpc) is 2.28. The van der Waals surface area contributed by atoms with Crippen molar-refractivity contribution in [1.82, 2.24) is 4.98 Å². The maximum Gasteiger partial charge on any atom is 0.248 e. The highest BCUT2D eigenvalue weighted by atomic mass is 19.3. The Morgan fingerprint density at radius 2 is 2.28 bits per heavy atom. The van der Waals surface area contributed by atoms with E-state index in [0.29, 0.717) is 12.8 Å². The Labute approximate surface area is 106 Å². The summed E-state index contributed by atoms with van der Waals surface area (Å²) in [4.78, 5) is 4.11. The molecule has 0 amide bonds. The lowest BCUT2D eigenvalue weighted by Gasteiger charge is -2.30. The number of aliphatic hydroxyl groups excluding tert-OH is 1. The fourth-order valence-electron chi connectivity index (χ4n) is 2.61. The van der Waals surface area contributed by atoms with Crippen LogP contribution in [0.15, 0.2) is 18.3 Å². The summed E-state index contributed by atoms with van der Waals surface area (Å²) >= 11 is 0. The van der Waals surface area contributed by atoms with Crippen LogP contribution in [0.1, 0.15) is 49.5 Å². The van der Waals surface area contributed by atoms with Gasteiger partial charge in [0.2, 0.25) is 5.92 Å². The van der Waals surface area contributed by atoms with E-state index in [2.05, 4.69) is 4.98 Å². The SMILES string of the molecule is Cc1ccc(C(O)CC2CCCC(F)(F)C2)cn1. The third-order valence-electron chi connectivity index (χ3n) is 3.62. The molecule has 1 heterocycles. The summed E-state index contributed by atoms with van der Waals surface area (Å²) in [6.07, 6.45) is 2.58. The molecular weight excluding hydrogens is 236 g/mol. The van der Waals surface area contributed by atoms with E-state index >= 15 is 0 Å². The van der Waals surface area contributed by atoms with Crippen LogP contribution in [0.25, 0.3) is 0 Å². The van der Waals surface area contributed by atoms with Crippen molar-refractivity contribution >= 4 is 0 Å². The fraction of sp³-hybridized carbons (Fsp3) is 0.643. The van der Waals surface area contributed by atoms with Crippen LogP contribution in [-0.4, -0.2) is 16.0 Å². The summed E-state index contributed by atoms with van der Waals surface area (Å²) in [5, 5.41) is 10.0. The van der Waals surface area contributed by atoms with Crippen LogP contribution in [0.2, 0.25) is 0 Å². The quantitative estimate of drug-likeness (QED) is 0.894. The lowest BCUT2D eigenvalue weighted by atomic mass is 9.82. The lowest BCUT2D eigenvalue weighted by Crippen LogP contribution is -2.27. The van der Waals surface area contributed by atoms with Crippen molar-refractivity contribution in [2.75, 3.05) is 0 Å². The number of hydrogen-bond acceptors (Lipinski definition) is 2. The molecule has 0 radical (unpaired) electrons. The van der Waals surface area contributed by atoms with Gasteiger partial charge in [-0.1, -0.05) is 6.07 Å².